The van der Waals surface area contributed by atoms with Gasteiger partial charge < -0.3 is 24.7 Å². The van der Waals surface area contributed by atoms with E-state index < -0.39 is 17.8 Å². The summed E-state index contributed by atoms with van der Waals surface area (Å²) in [4.78, 5) is 23.7. The zero-order chi connectivity index (χ0) is 17.0. The van der Waals surface area contributed by atoms with Gasteiger partial charge in [-0.05, 0) is 12.8 Å². The van der Waals surface area contributed by atoms with Crippen LogP contribution in [-0.2, 0) is 9.59 Å². The summed E-state index contributed by atoms with van der Waals surface area (Å²) in [6.45, 7) is 0. The summed E-state index contributed by atoms with van der Waals surface area (Å²) in [5, 5.41) is 14.3. The van der Waals surface area contributed by atoms with Crippen LogP contribution in [0.5, 0.6) is 11.5 Å². The van der Waals surface area contributed by atoms with Crippen molar-refractivity contribution in [2.24, 2.45) is 11.8 Å². The number of ether oxygens (including phenoxy) is 2. The minimum Gasteiger partial charge on any atom is -0.550 e. The molecule has 0 saturated heterocycles. The normalized spacial score (nSPS) is 20.7. The Bertz CT molecular complexity index is 604. The summed E-state index contributed by atoms with van der Waals surface area (Å²) in [6.07, 6.45) is 2.60. The van der Waals surface area contributed by atoms with Crippen molar-refractivity contribution in [3.05, 3.63) is 17.2 Å². The van der Waals surface area contributed by atoms with Crippen LogP contribution < -0.4 is 19.9 Å². The number of rotatable bonds is 5. The predicted molar refractivity (Wildman–Crippen MR) is 83.6 cm³/mol. The summed E-state index contributed by atoms with van der Waals surface area (Å²) >= 11 is 6.03. The Labute approximate surface area is 139 Å². The highest BCUT2D eigenvalue weighted by atomic mass is 35.5. The van der Waals surface area contributed by atoms with E-state index in [0.29, 0.717) is 35.1 Å². The van der Waals surface area contributed by atoms with Gasteiger partial charge >= 0.3 is 0 Å². The smallest absolute Gasteiger partial charge is 0.228 e. The molecule has 1 saturated carbocycles. The van der Waals surface area contributed by atoms with Gasteiger partial charge in [0.25, 0.3) is 0 Å². The lowest BCUT2D eigenvalue weighted by atomic mass is 9.78. The predicted octanol–water partition coefficient (Wildman–Crippen LogP) is 1.85. The second-order valence-corrected chi connectivity index (χ2v) is 5.90. The van der Waals surface area contributed by atoms with E-state index in [0.717, 1.165) is 12.8 Å². The molecule has 7 heteroatoms. The topological polar surface area (TPSA) is 87.7 Å². The lowest BCUT2D eigenvalue weighted by molar-refractivity contribution is -0.313. The maximum absolute atomic E-state index is 12.5. The number of anilines is 1. The van der Waals surface area contributed by atoms with Gasteiger partial charge in [-0.15, -0.1) is 0 Å². The maximum atomic E-state index is 12.5. The first-order valence-electron chi connectivity index (χ1n) is 7.41. The standard InChI is InChI=1S/C16H20ClNO5/c1-22-13-8-12(14(23-2)7-11(13)17)18-15(19)9-5-3-4-6-10(9)16(20)21/h7-10H,3-6H2,1-2H3,(H,18,19)(H,20,21)/p-1/t9-,10-/m0/s1. The van der Waals surface area contributed by atoms with E-state index in [1.54, 1.807) is 6.07 Å². The number of nitrogens with one attached hydrogen (secondary N) is 1. The lowest BCUT2D eigenvalue weighted by Crippen LogP contribution is -2.42. The monoisotopic (exact) mass is 340 g/mol. The highest BCUT2D eigenvalue weighted by Crippen LogP contribution is 2.37. The molecule has 126 valence electrons. The number of halogens is 1. The molecule has 0 radical (unpaired) electrons. The van der Waals surface area contributed by atoms with E-state index in [4.69, 9.17) is 21.1 Å². The molecule has 0 aromatic heterocycles. The van der Waals surface area contributed by atoms with Crippen LogP contribution in [0.4, 0.5) is 5.69 Å². The van der Waals surface area contributed by atoms with Gasteiger partial charge in [-0.2, -0.15) is 0 Å². The highest BCUT2D eigenvalue weighted by Gasteiger charge is 2.32. The molecule has 6 nitrogen and oxygen atoms in total. The van der Waals surface area contributed by atoms with Crippen LogP contribution in [0.2, 0.25) is 5.02 Å². The minimum atomic E-state index is -1.18. The first-order valence-corrected chi connectivity index (χ1v) is 7.79. The van der Waals surface area contributed by atoms with Crippen LogP contribution in [0.3, 0.4) is 0 Å². The Hall–Kier alpha value is -1.95. The summed E-state index contributed by atoms with van der Waals surface area (Å²) in [5.74, 6) is -2.14. The average Bonchev–Trinajstić information content (AvgIpc) is 2.55. The number of amides is 1. The molecule has 0 spiro atoms. The molecule has 1 N–H and O–H groups in total. The molecule has 1 fully saturated rings. The first-order chi connectivity index (χ1) is 11.0. The van der Waals surface area contributed by atoms with Gasteiger partial charge in [0.15, 0.2) is 0 Å². The SMILES string of the molecule is COc1cc(NC(=O)[C@H]2CCCC[C@@H]2C(=O)[O-])c(OC)cc1Cl. The van der Waals surface area contributed by atoms with Crippen LogP contribution in [0.1, 0.15) is 25.7 Å². The second kappa shape index (κ2) is 7.55. The van der Waals surface area contributed by atoms with Crippen molar-refractivity contribution in [1.82, 2.24) is 0 Å². The molecular weight excluding hydrogens is 322 g/mol. The Morgan fingerprint density at radius 3 is 2.30 bits per heavy atom. The number of benzene rings is 1. The quantitative estimate of drug-likeness (QED) is 0.883. The fraction of sp³-hybridized carbons (Fsp3) is 0.500. The van der Waals surface area contributed by atoms with Crippen LogP contribution >= 0.6 is 11.6 Å². The molecule has 1 aromatic rings. The van der Waals surface area contributed by atoms with E-state index in [-0.39, 0.29) is 5.91 Å². The number of hydrogen-bond acceptors (Lipinski definition) is 5. The minimum absolute atomic E-state index is 0.354. The second-order valence-electron chi connectivity index (χ2n) is 5.49. The van der Waals surface area contributed by atoms with E-state index >= 15 is 0 Å². The zero-order valence-corrected chi connectivity index (χ0v) is 13.8. The van der Waals surface area contributed by atoms with Gasteiger partial charge in [-0.1, -0.05) is 24.4 Å². The Morgan fingerprint density at radius 1 is 1.13 bits per heavy atom. The maximum Gasteiger partial charge on any atom is 0.228 e. The van der Waals surface area contributed by atoms with Gasteiger partial charge in [-0.3, -0.25) is 4.79 Å². The van der Waals surface area contributed by atoms with E-state index in [2.05, 4.69) is 5.32 Å². The number of carboxylic acid groups (broad SMARTS) is 1. The fourth-order valence-electron chi connectivity index (χ4n) is 2.91. The molecule has 0 aliphatic heterocycles. The van der Waals surface area contributed by atoms with Crippen molar-refractivity contribution in [3.63, 3.8) is 0 Å². The Kier molecular flexibility index (Phi) is 5.71. The fourth-order valence-corrected chi connectivity index (χ4v) is 3.14. The Balaban J connectivity index is 2.23. The Morgan fingerprint density at radius 2 is 1.74 bits per heavy atom. The van der Waals surface area contributed by atoms with Crippen LogP contribution in [0, 0.1) is 11.8 Å². The third kappa shape index (κ3) is 3.88. The van der Waals surface area contributed by atoms with Gasteiger partial charge in [0.1, 0.15) is 11.5 Å². The van der Waals surface area contributed by atoms with Crippen molar-refractivity contribution in [3.8, 4) is 11.5 Å². The molecule has 0 unspecified atom stereocenters. The lowest BCUT2D eigenvalue weighted by Gasteiger charge is -2.31. The third-order valence-corrected chi connectivity index (χ3v) is 4.43. The van der Waals surface area contributed by atoms with Crippen LogP contribution in [-0.4, -0.2) is 26.1 Å². The van der Waals surface area contributed by atoms with Crippen molar-refractivity contribution in [1.29, 1.82) is 0 Å². The van der Waals surface area contributed by atoms with Crippen LogP contribution in [0.15, 0.2) is 12.1 Å². The van der Waals surface area contributed by atoms with Gasteiger partial charge in [0.05, 0.1) is 24.9 Å². The largest absolute Gasteiger partial charge is 0.550 e. The molecule has 23 heavy (non-hydrogen) atoms. The van der Waals surface area contributed by atoms with Gasteiger partial charge in [-0.25, -0.2) is 0 Å². The number of hydrogen-bond donors (Lipinski definition) is 1. The van der Waals surface area contributed by atoms with Crippen molar-refractivity contribution in [2.75, 3.05) is 19.5 Å². The number of carboxylic acids is 1. The zero-order valence-electron chi connectivity index (χ0n) is 13.1. The molecule has 1 amide bonds. The molecular formula is C16H19ClNO5-. The molecule has 0 heterocycles. The van der Waals surface area contributed by atoms with Gasteiger partial charge in [0, 0.05) is 29.9 Å². The average molecular weight is 341 g/mol. The third-order valence-electron chi connectivity index (χ3n) is 4.14. The molecule has 1 aliphatic rings. The van der Waals surface area contributed by atoms with E-state index in [1.807, 2.05) is 0 Å². The van der Waals surface area contributed by atoms with Gasteiger partial charge in [0.2, 0.25) is 5.91 Å². The van der Waals surface area contributed by atoms with Crippen molar-refractivity contribution < 1.29 is 24.2 Å². The molecule has 0 bridgehead atoms. The number of aliphatic carboxylic acids is 1. The molecule has 1 aromatic carbocycles. The van der Waals surface area contributed by atoms with E-state index in [1.165, 1.54) is 20.3 Å². The summed E-state index contributed by atoms with van der Waals surface area (Å²) in [7, 11) is 2.92. The molecule has 2 atom stereocenters. The first kappa shape index (κ1) is 17.4. The van der Waals surface area contributed by atoms with Crippen molar-refractivity contribution in [2.45, 2.75) is 25.7 Å². The van der Waals surface area contributed by atoms with E-state index in [9.17, 15) is 14.7 Å². The summed E-state index contributed by atoms with van der Waals surface area (Å²) in [5.41, 5.74) is 0.390. The number of carbonyl (C=O) groups is 2. The summed E-state index contributed by atoms with van der Waals surface area (Å²) in [6, 6.07) is 3.09. The van der Waals surface area contributed by atoms with Crippen LogP contribution in [0.25, 0.3) is 0 Å². The number of methoxy groups -OCH3 is 2. The highest BCUT2D eigenvalue weighted by molar-refractivity contribution is 6.32. The molecule has 1 aliphatic carbocycles. The summed E-state index contributed by atoms with van der Waals surface area (Å²) < 4.78 is 10.3. The van der Waals surface area contributed by atoms with Crippen molar-refractivity contribution >= 4 is 29.2 Å². The number of carbonyl (C=O) groups excluding carboxylic acids is 2. The molecule has 2 rings (SSSR count).